The van der Waals surface area contributed by atoms with E-state index < -0.39 is 0 Å². The lowest BCUT2D eigenvalue weighted by Gasteiger charge is -2.31. The van der Waals surface area contributed by atoms with Crippen LogP contribution in [0.3, 0.4) is 0 Å². The van der Waals surface area contributed by atoms with Crippen molar-refractivity contribution in [3.63, 3.8) is 0 Å². The lowest BCUT2D eigenvalue weighted by Crippen LogP contribution is -2.45. The zero-order valence-corrected chi connectivity index (χ0v) is 19.3. The first-order chi connectivity index (χ1) is 16.0. The number of rotatable bonds is 7. The third-order valence-corrected chi connectivity index (χ3v) is 6.05. The number of nitrogens with one attached hydrogen (secondary N) is 1. The average molecular weight is 446 g/mol. The van der Waals surface area contributed by atoms with Gasteiger partial charge in [0.05, 0.1) is 12.2 Å². The maximum Gasteiger partial charge on any atom is 0.289 e. The first kappa shape index (κ1) is 22.8. The van der Waals surface area contributed by atoms with Gasteiger partial charge in [0.15, 0.2) is 5.76 Å². The van der Waals surface area contributed by atoms with Crippen molar-refractivity contribution in [3.05, 3.63) is 83.8 Å². The summed E-state index contributed by atoms with van der Waals surface area (Å²) in [6.45, 7) is 2.42. The summed E-state index contributed by atoms with van der Waals surface area (Å²) in [5, 5.41) is 3.10. The second kappa shape index (κ2) is 10.5. The molecule has 1 aromatic heterocycles. The third-order valence-electron chi connectivity index (χ3n) is 6.05. The average Bonchev–Trinajstić information content (AvgIpc) is 3.37. The van der Waals surface area contributed by atoms with Crippen LogP contribution in [0.4, 0.5) is 0 Å². The number of likely N-dealkylation sites (tertiary alicyclic amines) is 1. The molecule has 1 fully saturated rings. The van der Waals surface area contributed by atoms with Gasteiger partial charge in [-0.3, -0.25) is 9.59 Å². The van der Waals surface area contributed by atoms with E-state index >= 15 is 0 Å². The van der Waals surface area contributed by atoms with E-state index in [4.69, 9.17) is 4.42 Å². The van der Waals surface area contributed by atoms with Gasteiger partial charge in [0, 0.05) is 26.2 Å². The molecule has 2 aromatic carbocycles. The van der Waals surface area contributed by atoms with Crippen molar-refractivity contribution < 1.29 is 14.0 Å². The molecule has 1 N–H and O–H groups in total. The van der Waals surface area contributed by atoms with Crippen LogP contribution < -0.4 is 5.32 Å². The predicted molar refractivity (Wildman–Crippen MR) is 128 cm³/mol. The molecule has 3 aromatic rings. The Balaban J connectivity index is 1.39. The summed E-state index contributed by atoms with van der Waals surface area (Å²) in [4.78, 5) is 29.4. The molecule has 1 saturated heterocycles. The summed E-state index contributed by atoms with van der Waals surface area (Å²) < 4.78 is 5.24. The van der Waals surface area contributed by atoms with Crippen molar-refractivity contribution in [3.8, 4) is 11.1 Å². The molecule has 2 amide bonds. The largest absolute Gasteiger partial charge is 0.459 e. The number of carbonyl (C=O) groups is 2. The molecule has 0 bridgehead atoms. The molecular weight excluding hydrogens is 414 g/mol. The summed E-state index contributed by atoms with van der Waals surface area (Å²) in [5.41, 5.74) is 4.59. The van der Waals surface area contributed by atoms with Crippen molar-refractivity contribution in [2.24, 2.45) is 5.92 Å². The predicted octanol–water partition coefficient (Wildman–Crippen LogP) is 4.18. The van der Waals surface area contributed by atoms with E-state index in [1.807, 2.05) is 12.1 Å². The van der Waals surface area contributed by atoms with Crippen LogP contribution in [0.1, 0.15) is 34.5 Å². The van der Waals surface area contributed by atoms with Crippen molar-refractivity contribution >= 4 is 11.8 Å². The second-order valence-electron chi connectivity index (χ2n) is 8.88. The molecule has 172 valence electrons. The molecule has 0 spiro atoms. The first-order valence-corrected chi connectivity index (χ1v) is 11.4. The molecular formula is C27H31N3O3. The molecule has 1 aliphatic heterocycles. The number of hydrogen-bond acceptors (Lipinski definition) is 4. The van der Waals surface area contributed by atoms with Crippen LogP contribution in [0.15, 0.2) is 71.3 Å². The van der Waals surface area contributed by atoms with Gasteiger partial charge in [-0.25, -0.2) is 0 Å². The van der Waals surface area contributed by atoms with Crippen LogP contribution in [0.25, 0.3) is 11.1 Å². The van der Waals surface area contributed by atoms with E-state index in [-0.39, 0.29) is 17.7 Å². The Hall–Kier alpha value is -3.38. The number of benzene rings is 2. The third kappa shape index (κ3) is 5.71. The number of nitrogens with zero attached hydrogens (tertiary/aromatic N) is 2. The molecule has 6 heteroatoms. The van der Waals surface area contributed by atoms with Crippen LogP contribution >= 0.6 is 0 Å². The van der Waals surface area contributed by atoms with E-state index in [0.717, 1.165) is 36.1 Å². The molecule has 0 unspecified atom stereocenters. The highest BCUT2D eigenvalue weighted by atomic mass is 16.3. The molecule has 0 aliphatic carbocycles. The Morgan fingerprint density at radius 3 is 2.58 bits per heavy atom. The molecule has 1 aliphatic rings. The van der Waals surface area contributed by atoms with E-state index in [0.29, 0.717) is 25.4 Å². The van der Waals surface area contributed by atoms with Gasteiger partial charge in [-0.15, -0.1) is 0 Å². The van der Waals surface area contributed by atoms with Crippen molar-refractivity contribution in [1.29, 1.82) is 0 Å². The maximum absolute atomic E-state index is 12.9. The van der Waals surface area contributed by atoms with Crippen LogP contribution in [-0.4, -0.2) is 48.8 Å². The lowest BCUT2D eigenvalue weighted by molar-refractivity contribution is -0.126. The number of piperidine rings is 1. The van der Waals surface area contributed by atoms with E-state index in [1.165, 1.54) is 11.8 Å². The van der Waals surface area contributed by atoms with Gasteiger partial charge in [0.1, 0.15) is 0 Å². The van der Waals surface area contributed by atoms with Crippen molar-refractivity contribution in [2.45, 2.75) is 25.9 Å². The quantitative estimate of drug-likeness (QED) is 0.593. The molecule has 1 atom stereocenters. The minimum atomic E-state index is -0.213. The van der Waals surface area contributed by atoms with Crippen LogP contribution in [0.5, 0.6) is 0 Å². The number of furan rings is 1. The summed E-state index contributed by atoms with van der Waals surface area (Å²) in [6, 6.07) is 20.1. The lowest BCUT2D eigenvalue weighted by atomic mass is 9.96. The fourth-order valence-electron chi connectivity index (χ4n) is 4.37. The summed E-state index contributed by atoms with van der Waals surface area (Å²) in [5.74, 6) is -0.0552. The van der Waals surface area contributed by atoms with Crippen molar-refractivity contribution in [1.82, 2.24) is 15.1 Å². The summed E-state index contributed by atoms with van der Waals surface area (Å²) in [7, 11) is 4.12. The second-order valence-corrected chi connectivity index (χ2v) is 8.88. The monoisotopic (exact) mass is 445 g/mol. The highest BCUT2D eigenvalue weighted by Gasteiger charge is 2.29. The Kier molecular flexibility index (Phi) is 7.25. The van der Waals surface area contributed by atoms with Crippen LogP contribution in [-0.2, 0) is 17.9 Å². The normalized spacial score (nSPS) is 16.1. The van der Waals surface area contributed by atoms with Crippen molar-refractivity contribution in [2.75, 3.05) is 27.2 Å². The minimum Gasteiger partial charge on any atom is -0.459 e. The van der Waals surface area contributed by atoms with Gasteiger partial charge in [0.25, 0.3) is 5.91 Å². The Morgan fingerprint density at radius 1 is 1.06 bits per heavy atom. The first-order valence-electron chi connectivity index (χ1n) is 11.4. The molecule has 33 heavy (non-hydrogen) atoms. The van der Waals surface area contributed by atoms with Gasteiger partial charge in [0.2, 0.25) is 5.91 Å². The van der Waals surface area contributed by atoms with Gasteiger partial charge < -0.3 is 19.5 Å². The number of amides is 2. The molecule has 0 radical (unpaired) electrons. The Labute approximate surface area is 195 Å². The summed E-state index contributed by atoms with van der Waals surface area (Å²) in [6.07, 6.45) is 3.08. The molecule has 6 nitrogen and oxygen atoms in total. The highest BCUT2D eigenvalue weighted by molar-refractivity contribution is 5.92. The van der Waals surface area contributed by atoms with Gasteiger partial charge in [-0.2, -0.15) is 0 Å². The van der Waals surface area contributed by atoms with E-state index in [9.17, 15) is 9.59 Å². The topological polar surface area (TPSA) is 65.8 Å². The molecule has 2 heterocycles. The smallest absolute Gasteiger partial charge is 0.289 e. The van der Waals surface area contributed by atoms with Gasteiger partial charge >= 0.3 is 0 Å². The SMILES string of the molecule is CN(C)Cc1ccc(-c2ccccc2CNC(=O)[C@@H]2CCCN(C(=O)c3ccco3)C2)cc1. The minimum absolute atomic E-state index is 0.0110. The fraction of sp³-hybridized carbons (Fsp3) is 0.333. The highest BCUT2D eigenvalue weighted by Crippen LogP contribution is 2.25. The number of carbonyl (C=O) groups excluding carboxylic acids is 2. The number of hydrogen-bond donors (Lipinski definition) is 1. The Bertz CT molecular complexity index is 1070. The van der Waals surface area contributed by atoms with E-state index in [1.54, 1.807) is 17.0 Å². The molecule has 0 saturated carbocycles. The zero-order chi connectivity index (χ0) is 23.2. The van der Waals surface area contributed by atoms with Gasteiger partial charge in [-0.05, 0) is 61.3 Å². The van der Waals surface area contributed by atoms with Crippen LogP contribution in [0.2, 0.25) is 0 Å². The maximum atomic E-state index is 12.9. The van der Waals surface area contributed by atoms with Gasteiger partial charge in [-0.1, -0.05) is 48.5 Å². The molecule has 4 rings (SSSR count). The fourth-order valence-corrected chi connectivity index (χ4v) is 4.37. The van der Waals surface area contributed by atoms with Crippen LogP contribution in [0, 0.1) is 5.92 Å². The van der Waals surface area contributed by atoms with E-state index in [2.05, 4.69) is 60.7 Å². The Morgan fingerprint density at radius 2 is 1.85 bits per heavy atom. The summed E-state index contributed by atoms with van der Waals surface area (Å²) >= 11 is 0. The zero-order valence-electron chi connectivity index (χ0n) is 19.3. The standard InChI is InChI=1S/C27H31N3O3/c1-29(2)18-20-11-13-21(14-12-20)24-9-4-3-7-22(24)17-28-26(31)23-8-5-15-30(19-23)27(32)25-10-6-16-33-25/h3-4,6-7,9-14,16,23H,5,8,15,17-19H2,1-2H3,(H,28,31)/t23-/m1/s1.